The number of fused-ring (bicyclic) bond motifs is 1. The molecular formula is C26H18ClF3N4O3. The summed E-state index contributed by atoms with van der Waals surface area (Å²) >= 11 is 5.63. The summed E-state index contributed by atoms with van der Waals surface area (Å²) in [6, 6.07) is 9.58. The Kier molecular flexibility index (Phi) is 6.77. The van der Waals surface area contributed by atoms with E-state index < -0.39 is 34.7 Å². The Morgan fingerprint density at radius 2 is 1.68 bits per heavy atom. The van der Waals surface area contributed by atoms with E-state index in [9.17, 15) is 22.8 Å². The molecule has 3 aromatic carbocycles. The number of morpholine rings is 1. The molecule has 1 N–H and O–H groups in total. The lowest BCUT2D eigenvalue weighted by molar-refractivity contribution is 0.101. The Bertz CT molecular complexity index is 1540. The molecule has 4 aromatic rings. The lowest BCUT2D eigenvalue weighted by atomic mass is 10.0. The number of carbonyl (C=O) groups is 2. The number of nitrogens with zero attached hydrogens (tertiary/aromatic N) is 3. The highest BCUT2D eigenvalue weighted by Gasteiger charge is 2.21. The molecular weight excluding hydrogens is 509 g/mol. The van der Waals surface area contributed by atoms with Crippen LogP contribution in [0, 0.1) is 17.5 Å². The van der Waals surface area contributed by atoms with Crippen molar-refractivity contribution in [1.29, 1.82) is 0 Å². The number of anilines is 2. The molecule has 0 saturated carbocycles. The molecule has 1 amide bonds. The van der Waals surface area contributed by atoms with Crippen LogP contribution in [0.3, 0.4) is 0 Å². The smallest absolute Gasteiger partial charge is 0.255 e. The van der Waals surface area contributed by atoms with E-state index in [0.717, 1.165) is 18.2 Å². The maximum Gasteiger partial charge on any atom is 0.255 e. The van der Waals surface area contributed by atoms with Crippen LogP contribution in [0.1, 0.15) is 26.3 Å². The number of hydrogen-bond donors (Lipinski definition) is 1. The summed E-state index contributed by atoms with van der Waals surface area (Å²) in [6.45, 7) is 2.40. The number of hydrogen-bond acceptors (Lipinski definition) is 6. The fourth-order valence-corrected chi connectivity index (χ4v) is 4.03. The van der Waals surface area contributed by atoms with Crippen LogP contribution >= 0.6 is 11.6 Å². The van der Waals surface area contributed by atoms with Crippen LogP contribution in [0.25, 0.3) is 11.0 Å². The van der Waals surface area contributed by atoms with Crippen LogP contribution in [0.2, 0.25) is 5.02 Å². The van der Waals surface area contributed by atoms with Crippen LogP contribution in [-0.2, 0) is 4.74 Å². The molecule has 0 radical (unpaired) electrons. The molecule has 5 rings (SSSR count). The van der Waals surface area contributed by atoms with Crippen molar-refractivity contribution in [3.63, 3.8) is 0 Å². The third kappa shape index (κ3) is 5.11. The van der Waals surface area contributed by atoms with Crippen molar-refractivity contribution in [2.24, 2.45) is 0 Å². The molecule has 7 nitrogen and oxygen atoms in total. The van der Waals surface area contributed by atoms with E-state index in [1.54, 1.807) is 12.3 Å². The van der Waals surface area contributed by atoms with Crippen molar-refractivity contribution >= 4 is 45.8 Å². The molecule has 0 aliphatic carbocycles. The van der Waals surface area contributed by atoms with Crippen molar-refractivity contribution in [3.05, 3.63) is 93.9 Å². The highest BCUT2D eigenvalue weighted by atomic mass is 35.5. The summed E-state index contributed by atoms with van der Waals surface area (Å²) in [4.78, 5) is 36.6. The molecule has 1 aliphatic rings. The molecule has 2 heterocycles. The van der Waals surface area contributed by atoms with Crippen LogP contribution in [0.15, 0.2) is 54.7 Å². The third-order valence-electron chi connectivity index (χ3n) is 5.84. The molecule has 188 valence electrons. The Morgan fingerprint density at radius 3 is 2.43 bits per heavy atom. The van der Waals surface area contributed by atoms with E-state index in [0.29, 0.717) is 43.2 Å². The van der Waals surface area contributed by atoms with E-state index >= 15 is 0 Å². The van der Waals surface area contributed by atoms with Gasteiger partial charge in [-0.2, -0.15) is 0 Å². The van der Waals surface area contributed by atoms with E-state index in [1.165, 1.54) is 24.3 Å². The highest BCUT2D eigenvalue weighted by Crippen LogP contribution is 2.25. The Balaban J connectivity index is 1.44. The largest absolute Gasteiger partial charge is 0.378 e. The van der Waals surface area contributed by atoms with Gasteiger partial charge in [0.05, 0.1) is 41.0 Å². The molecule has 1 aliphatic heterocycles. The van der Waals surface area contributed by atoms with Gasteiger partial charge in [-0.25, -0.2) is 18.2 Å². The van der Waals surface area contributed by atoms with Gasteiger partial charge in [0.15, 0.2) is 17.4 Å². The lowest BCUT2D eigenvalue weighted by Crippen LogP contribution is -2.36. The van der Waals surface area contributed by atoms with Gasteiger partial charge in [0, 0.05) is 36.0 Å². The van der Waals surface area contributed by atoms with Crippen LogP contribution in [0.5, 0.6) is 0 Å². The zero-order valence-electron chi connectivity index (χ0n) is 19.1. The zero-order valence-corrected chi connectivity index (χ0v) is 19.9. The first kappa shape index (κ1) is 24.7. The van der Waals surface area contributed by atoms with Gasteiger partial charge < -0.3 is 15.0 Å². The summed E-state index contributed by atoms with van der Waals surface area (Å²) in [5.41, 5.74) is 0.125. The Labute approximate surface area is 213 Å². The first-order valence-corrected chi connectivity index (χ1v) is 11.6. The minimum atomic E-state index is -1.37. The van der Waals surface area contributed by atoms with Gasteiger partial charge in [-0.1, -0.05) is 11.6 Å². The summed E-state index contributed by atoms with van der Waals surface area (Å²) < 4.78 is 48.1. The fraction of sp³-hybridized carbons (Fsp3) is 0.154. The SMILES string of the molecule is O=C(Nc1cc(F)c(F)c(C(=O)c2ccc3ncc(N4CCOCC4)nc3c2)c1)c1ccc(Cl)c(F)c1. The number of benzene rings is 3. The predicted octanol–water partition coefficient (Wildman–Crippen LogP) is 5.02. The second kappa shape index (κ2) is 10.2. The molecule has 37 heavy (non-hydrogen) atoms. The van der Waals surface area contributed by atoms with Crippen LogP contribution < -0.4 is 10.2 Å². The molecule has 1 fully saturated rings. The van der Waals surface area contributed by atoms with E-state index in [4.69, 9.17) is 16.3 Å². The van der Waals surface area contributed by atoms with Crippen LogP contribution in [-0.4, -0.2) is 48.0 Å². The quantitative estimate of drug-likeness (QED) is 0.368. The van der Waals surface area contributed by atoms with Gasteiger partial charge in [0.2, 0.25) is 0 Å². The Morgan fingerprint density at radius 1 is 0.919 bits per heavy atom. The van der Waals surface area contributed by atoms with Crippen LogP contribution in [0.4, 0.5) is 24.7 Å². The van der Waals surface area contributed by atoms with E-state index in [-0.39, 0.29) is 21.8 Å². The average molecular weight is 527 g/mol. The number of ether oxygens (including phenoxy) is 1. The minimum absolute atomic E-state index is 0.0578. The first-order chi connectivity index (χ1) is 17.8. The highest BCUT2D eigenvalue weighted by molar-refractivity contribution is 6.30. The normalized spacial score (nSPS) is 13.6. The first-order valence-electron chi connectivity index (χ1n) is 11.2. The van der Waals surface area contributed by atoms with E-state index in [1.807, 2.05) is 4.90 Å². The van der Waals surface area contributed by atoms with Crippen molar-refractivity contribution in [2.75, 3.05) is 36.5 Å². The van der Waals surface area contributed by atoms with Crippen molar-refractivity contribution < 1.29 is 27.5 Å². The maximum atomic E-state index is 14.7. The lowest BCUT2D eigenvalue weighted by Gasteiger charge is -2.27. The fourth-order valence-electron chi connectivity index (χ4n) is 3.91. The number of ketones is 1. The Hall–Kier alpha value is -4.02. The monoisotopic (exact) mass is 526 g/mol. The van der Waals surface area contributed by atoms with Gasteiger partial charge >= 0.3 is 0 Å². The summed E-state index contributed by atoms with van der Waals surface area (Å²) in [7, 11) is 0. The molecule has 0 spiro atoms. The van der Waals surface area contributed by atoms with E-state index in [2.05, 4.69) is 15.3 Å². The molecule has 0 atom stereocenters. The topological polar surface area (TPSA) is 84.4 Å². The zero-order chi connectivity index (χ0) is 26.1. The van der Waals surface area contributed by atoms with Gasteiger partial charge in [0.1, 0.15) is 11.6 Å². The summed E-state index contributed by atoms with van der Waals surface area (Å²) in [5, 5.41) is 2.18. The van der Waals surface area contributed by atoms with Gasteiger partial charge in [-0.3, -0.25) is 14.6 Å². The standard InChI is InChI=1S/C26H18ClF3N4O3/c27-18-3-1-15(9-19(18)28)26(36)32-16-11-17(24(30)20(29)12-16)25(35)14-2-4-21-22(10-14)33-23(13-31-21)34-5-7-37-8-6-34/h1-4,9-13H,5-8H2,(H,32,36). The average Bonchev–Trinajstić information content (AvgIpc) is 2.91. The second-order valence-corrected chi connectivity index (χ2v) is 8.67. The minimum Gasteiger partial charge on any atom is -0.378 e. The number of rotatable bonds is 5. The number of aromatic nitrogens is 2. The van der Waals surface area contributed by atoms with Crippen molar-refractivity contribution in [3.8, 4) is 0 Å². The molecule has 1 saturated heterocycles. The number of carbonyl (C=O) groups excluding carboxylic acids is 2. The molecule has 11 heteroatoms. The number of halogens is 4. The van der Waals surface area contributed by atoms with Gasteiger partial charge in [-0.15, -0.1) is 0 Å². The van der Waals surface area contributed by atoms with Crippen molar-refractivity contribution in [1.82, 2.24) is 9.97 Å². The van der Waals surface area contributed by atoms with Crippen molar-refractivity contribution in [2.45, 2.75) is 0 Å². The van der Waals surface area contributed by atoms with Gasteiger partial charge in [-0.05, 0) is 42.5 Å². The second-order valence-electron chi connectivity index (χ2n) is 8.26. The molecule has 0 unspecified atom stereocenters. The third-order valence-corrected chi connectivity index (χ3v) is 6.15. The number of amides is 1. The molecule has 1 aromatic heterocycles. The van der Waals surface area contributed by atoms with Gasteiger partial charge in [0.25, 0.3) is 5.91 Å². The molecule has 0 bridgehead atoms. The predicted molar refractivity (Wildman–Crippen MR) is 132 cm³/mol. The maximum absolute atomic E-state index is 14.7. The summed E-state index contributed by atoms with van der Waals surface area (Å²) in [5.74, 6) is -4.51. The number of nitrogens with one attached hydrogen (secondary N) is 1. The summed E-state index contributed by atoms with van der Waals surface area (Å²) in [6.07, 6.45) is 1.63.